The number of carbonyl (C=O) groups is 1. The minimum Gasteiger partial charge on any atom is -0.379 e. The third-order valence-electron chi connectivity index (χ3n) is 7.59. The topological polar surface area (TPSA) is 76.3 Å². The molecule has 0 radical (unpaired) electrons. The quantitative estimate of drug-likeness (QED) is 0.225. The van der Waals surface area contributed by atoms with E-state index >= 15 is 0 Å². The van der Waals surface area contributed by atoms with E-state index in [0.29, 0.717) is 24.3 Å². The first kappa shape index (κ1) is 26.5. The minimum atomic E-state index is -0.263. The van der Waals surface area contributed by atoms with Gasteiger partial charge in [-0.2, -0.15) is 5.10 Å². The van der Waals surface area contributed by atoms with Crippen molar-refractivity contribution in [2.24, 2.45) is 0 Å². The van der Waals surface area contributed by atoms with Crippen molar-refractivity contribution < 1.29 is 9.18 Å². The molecule has 4 aromatic carbocycles. The molecule has 0 atom stereocenters. The number of aromatic nitrogens is 2. The number of aromatic amines is 1. The van der Waals surface area contributed by atoms with Gasteiger partial charge in [-0.15, -0.1) is 0 Å². The van der Waals surface area contributed by atoms with Crippen molar-refractivity contribution in [1.29, 1.82) is 0 Å². The molecule has 1 fully saturated rings. The van der Waals surface area contributed by atoms with E-state index in [2.05, 4.69) is 55.9 Å². The van der Waals surface area contributed by atoms with Gasteiger partial charge in [0.15, 0.2) is 5.82 Å². The molecule has 1 amide bonds. The average molecular weight is 549 g/mol. The first-order valence-electron chi connectivity index (χ1n) is 13.9. The molecule has 0 bridgehead atoms. The van der Waals surface area contributed by atoms with Crippen LogP contribution in [-0.2, 0) is 13.0 Å². The van der Waals surface area contributed by atoms with Crippen LogP contribution in [-0.4, -0.2) is 54.2 Å². The maximum atomic E-state index is 13.9. The van der Waals surface area contributed by atoms with Crippen LogP contribution in [0.4, 0.5) is 21.6 Å². The number of fused-ring (bicyclic) bond motifs is 1. The van der Waals surface area contributed by atoms with Gasteiger partial charge in [0, 0.05) is 49.4 Å². The highest BCUT2D eigenvalue weighted by Crippen LogP contribution is 2.31. The fraction of sp³-hybridized carbons (Fsp3) is 0.212. The standard InChI is InChI=1S/C33H33FN6O/c1-39-14-16-40(17-15-39)28-12-10-26(11-13-28)33(41)36-32-29-20-25(18-24-8-5-9-27(34)19-24)21-30(31(29)37-38-32)35-22-23-6-3-2-4-7-23/h2-13,19-21,35H,14-18,22H2,1H3,(H2,36,37,38,41). The van der Waals surface area contributed by atoms with Crippen molar-refractivity contribution in [3.05, 3.63) is 119 Å². The van der Waals surface area contributed by atoms with Crippen molar-refractivity contribution in [2.45, 2.75) is 13.0 Å². The van der Waals surface area contributed by atoms with E-state index in [1.165, 1.54) is 6.07 Å². The van der Waals surface area contributed by atoms with Gasteiger partial charge in [-0.3, -0.25) is 9.89 Å². The molecule has 1 aliphatic heterocycles. The molecule has 1 saturated heterocycles. The molecule has 1 aromatic heterocycles. The molecule has 0 unspecified atom stereocenters. The highest BCUT2D eigenvalue weighted by Gasteiger charge is 2.17. The molecule has 0 saturated carbocycles. The molecule has 41 heavy (non-hydrogen) atoms. The summed E-state index contributed by atoms with van der Waals surface area (Å²) in [5.41, 5.74) is 6.34. The first-order chi connectivity index (χ1) is 20.0. The first-order valence-corrected chi connectivity index (χ1v) is 13.9. The lowest BCUT2D eigenvalue weighted by Gasteiger charge is -2.34. The Labute approximate surface area is 239 Å². The second-order valence-electron chi connectivity index (χ2n) is 10.6. The van der Waals surface area contributed by atoms with Gasteiger partial charge in [-0.05, 0) is 78.7 Å². The van der Waals surface area contributed by atoms with Gasteiger partial charge in [0.25, 0.3) is 5.91 Å². The molecule has 0 spiro atoms. The highest BCUT2D eigenvalue weighted by molar-refractivity contribution is 6.09. The van der Waals surface area contributed by atoms with E-state index < -0.39 is 0 Å². The van der Waals surface area contributed by atoms with Crippen molar-refractivity contribution >= 4 is 34.0 Å². The monoisotopic (exact) mass is 548 g/mol. The summed E-state index contributed by atoms with van der Waals surface area (Å²) in [7, 11) is 2.14. The molecule has 2 heterocycles. The number of H-pyrrole nitrogens is 1. The number of amides is 1. The van der Waals surface area contributed by atoms with Crippen LogP contribution >= 0.6 is 0 Å². The number of piperazine rings is 1. The number of anilines is 3. The zero-order valence-electron chi connectivity index (χ0n) is 23.0. The molecule has 7 nitrogen and oxygen atoms in total. The number of nitrogens with one attached hydrogen (secondary N) is 3. The number of benzene rings is 4. The molecule has 208 valence electrons. The third-order valence-corrected chi connectivity index (χ3v) is 7.59. The second-order valence-corrected chi connectivity index (χ2v) is 10.6. The molecular formula is C33H33FN6O. The van der Waals surface area contributed by atoms with E-state index in [0.717, 1.165) is 65.1 Å². The Morgan fingerprint density at radius 3 is 2.39 bits per heavy atom. The van der Waals surface area contributed by atoms with Crippen molar-refractivity contribution in [1.82, 2.24) is 15.1 Å². The summed E-state index contributed by atoms with van der Waals surface area (Å²) in [5, 5.41) is 14.9. The number of carbonyl (C=O) groups excluding carboxylic acids is 1. The summed E-state index contributed by atoms with van der Waals surface area (Å²) in [5.74, 6) is -0.0319. The van der Waals surface area contributed by atoms with Gasteiger partial charge < -0.3 is 20.4 Å². The largest absolute Gasteiger partial charge is 0.379 e. The number of nitrogens with zero attached hydrogens (tertiary/aromatic N) is 3. The Kier molecular flexibility index (Phi) is 7.65. The fourth-order valence-corrected chi connectivity index (χ4v) is 5.26. The maximum Gasteiger partial charge on any atom is 0.256 e. The number of rotatable bonds is 8. The summed E-state index contributed by atoms with van der Waals surface area (Å²) in [6, 6.07) is 28.5. The van der Waals surface area contributed by atoms with E-state index in [4.69, 9.17) is 0 Å². The maximum absolute atomic E-state index is 13.9. The van der Waals surface area contributed by atoms with Crippen LogP contribution in [0.2, 0.25) is 0 Å². The lowest BCUT2D eigenvalue weighted by Crippen LogP contribution is -2.44. The van der Waals surface area contributed by atoms with E-state index in [9.17, 15) is 9.18 Å². The zero-order valence-corrected chi connectivity index (χ0v) is 23.0. The van der Waals surface area contributed by atoms with Crippen LogP contribution in [0.5, 0.6) is 0 Å². The van der Waals surface area contributed by atoms with Crippen LogP contribution in [0.15, 0.2) is 91.0 Å². The number of hydrogen-bond acceptors (Lipinski definition) is 5. The van der Waals surface area contributed by atoms with Gasteiger partial charge in [0.2, 0.25) is 0 Å². The van der Waals surface area contributed by atoms with Crippen molar-refractivity contribution in [3.63, 3.8) is 0 Å². The Hall–Kier alpha value is -4.69. The third kappa shape index (κ3) is 6.23. The Bertz CT molecular complexity index is 1640. The summed E-state index contributed by atoms with van der Waals surface area (Å²) in [6.07, 6.45) is 0.542. The van der Waals surface area contributed by atoms with Gasteiger partial charge in [0.05, 0.1) is 11.2 Å². The normalized spacial score (nSPS) is 13.9. The lowest BCUT2D eigenvalue weighted by atomic mass is 10.0. The molecule has 3 N–H and O–H groups in total. The molecule has 6 rings (SSSR count). The fourth-order valence-electron chi connectivity index (χ4n) is 5.26. The summed E-state index contributed by atoms with van der Waals surface area (Å²) in [4.78, 5) is 17.9. The molecule has 0 aliphatic carbocycles. The molecule has 5 aromatic rings. The van der Waals surface area contributed by atoms with E-state index in [-0.39, 0.29) is 11.7 Å². The number of halogens is 1. The molecular weight excluding hydrogens is 515 g/mol. The molecule has 1 aliphatic rings. The van der Waals surface area contributed by atoms with Crippen molar-refractivity contribution in [3.8, 4) is 0 Å². The lowest BCUT2D eigenvalue weighted by molar-refractivity contribution is 0.102. The number of likely N-dealkylation sites (N-methyl/N-ethyl adjacent to an activating group) is 1. The van der Waals surface area contributed by atoms with E-state index in [1.54, 1.807) is 12.1 Å². The smallest absolute Gasteiger partial charge is 0.256 e. The molecule has 8 heteroatoms. The predicted molar refractivity (Wildman–Crippen MR) is 163 cm³/mol. The zero-order chi connectivity index (χ0) is 28.2. The summed E-state index contributed by atoms with van der Waals surface area (Å²) >= 11 is 0. The predicted octanol–water partition coefficient (Wildman–Crippen LogP) is 5.91. The van der Waals surface area contributed by atoms with Gasteiger partial charge in [-0.1, -0.05) is 42.5 Å². The van der Waals surface area contributed by atoms with Crippen LogP contribution in [0.3, 0.4) is 0 Å². The SMILES string of the molecule is CN1CCN(c2ccc(C(=O)Nc3n[nH]c4c(NCc5ccccc5)cc(Cc5cccc(F)c5)cc34)cc2)CC1. The van der Waals surface area contributed by atoms with Crippen molar-refractivity contribution in [2.75, 3.05) is 48.8 Å². The van der Waals surface area contributed by atoms with Gasteiger partial charge in [0.1, 0.15) is 5.82 Å². The van der Waals surface area contributed by atoms with E-state index in [1.807, 2.05) is 54.6 Å². The Morgan fingerprint density at radius 1 is 0.878 bits per heavy atom. The van der Waals surface area contributed by atoms with Crippen LogP contribution in [0.25, 0.3) is 10.9 Å². The Morgan fingerprint density at radius 2 is 1.63 bits per heavy atom. The van der Waals surface area contributed by atoms with Crippen LogP contribution in [0, 0.1) is 5.82 Å². The van der Waals surface area contributed by atoms with Crippen LogP contribution in [0.1, 0.15) is 27.0 Å². The highest BCUT2D eigenvalue weighted by atomic mass is 19.1. The number of hydrogen-bond donors (Lipinski definition) is 3. The van der Waals surface area contributed by atoms with Crippen LogP contribution < -0.4 is 15.5 Å². The minimum absolute atomic E-state index is 0.224. The second kappa shape index (κ2) is 11.8. The Balaban J connectivity index is 1.25. The van der Waals surface area contributed by atoms with Gasteiger partial charge in [-0.25, -0.2) is 4.39 Å². The van der Waals surface area contributed by atoms with Gasteiger partial charge >= 0.3 is 0 Å². The summed E-state index contributed by atoms with van der Waals surface area (Å²) < 4.78 is 13.9. The summed E-state index contributed by atoms with van der Waals surface area (Å²) in [6.45, 7) is 4.62. The average Bonchev–Trinajstić information content (AvgIpc) is 3.39.